The molecule has 1 fully saturated rings. The van der Waals surface area contributed by atoms with Gasteiger partial charge in [0.2, 0.25) is 5.91 Å². The lowest BCUT2D eigenvalue weighted by atomic mass is 10.1. The fourth-order valence-corrected chi connectivity index (χ4v) is 4.83. The summed E-state index contributed by atoms with van der Waals surface area (Å²) in [6.07, 6.45) is 3.84. The third-order valence-electron chi connectivity index (χ3n) is 6.68. The van der Waals surface area contributed by atoms with Crippen molar-refractivity contribution in [3.05, 3.63) is 88.6 Å². The van der Waals surface area contributed by atoms with Gasteiger partial charge in [-0.3, -0.25) is 9.59 Å². The molecule has 1 aliphatic rings. The third-order valence-corrected chi connectivity index (χ3v) is 6.68. The van der Waals surface area contributed by atoms with E-state index in [4.69, 9.17) is 0 Å². The smallest absolute Gasteiger partial charge is 0.242 e. The Morgan fingerprint density at radius 1 is 0.818 bits per heavy atom. The van der Waals surface area contributed by atoms with E-state index < -0.39 is 0 Å². The highest BCUT2D eigenvalue weighted by molar-refractivity contribution is 5.94. The molecule has 5 heteroatoms. The lowest BCUT2D eigenvalue weighted by Crippen LogP contribution is -2.31. The normalized spacial score (nSPS) is 14.0. The van der Waals surface area contributed by atoms with E-state index in [-0.39, 0.29) is 17.9 Å². The summed E-state index contributed by atoms with van der Waals surface area (Å²) >= 11 is 0. The van der Waals surface area contributed by atoms with Gasteiger partial charge in [-0.2, -0.15) is 0 Å². The summed E-state index contributed by atoms with van der Waals surface area (Å²) in [7, 11) is 1.84. The number of hydrogen-bond acceptors (Lipinski definition) is 3. The predicted molar refractivity (Wildman–Crippen MR) is 135 cm³/mol. The average molecular weight is 440 g/mol. The van der Waals surface area contributed by atoms with E-state index in [1.54, 1.807) is 4.90 Å². The van der Waals surface area contributed by atoms with E-state index >= 15 is 0 Å². The van der Waals surface area contributed by atoms with Crippen LogP contribution in [0.15, 0.2) is 77.6 Å². The summed E-state index contributed by atoms with van der Waals surface area (Å²) < 4.78 is 1.96. The summed E-state index contributed by atoms with van der Waals surface area (Å²) in [6, 6.07) is 23.6. The molecule has 1 saturated heterocycles. The lowest BCUT2D eigenvalue weighted by Gasteiger charge is -2.29. The van der Waals surface area contributed by atoms with E-state index in [2.05, 4.69) is 29.2 Å². The number of pyridine rings is 1. The van der Waals surface area contributed by atoms with E-state index in [1.165, 1.54) is 24.9 Å². The summed E-state index contributed by atoms with van der Waals surface area (Å²) in [5.74, 6) is 0.00839. The van der Waals surface area contributed by atoms with Crippen molar-refractivity contribution in [3.8, 4) is 0 Å². The van der Waals surface area contributed by atoms with Gasteiger partial charge in [0.15, 0.2) is 5.43 Å². The lowest BCUT2D eigenvalue weighted by molar-refractivity contribution is -0.130. The maximum absolute atomic E-state index is 13.2. The van der Waals surface area contributed by atoms with Crippen molar-refractivity contribution in [1.82, 2.24) is 9.47 Å². The number of likely N-dealkylation sites (N-methyl/N-ethyl adjacent to an activating group) is 1. The molecular formula is C28H29N3O2. The Morgan fingerprint density at radius 3 is 2.00 bits per heavy atom. The van der Waals surface area contributed by atoms with Gasteiger partial charge in [-0.15, -0.1) is 0 Å². The first kappa shape index (κ1) is 21.3. The van der Waals surface area contributed by atoms with Gasteiger partial charge < -0.3 is 14.4 Å². The Labute approximate surface area is 193 Å². The van der Waals surface area contributed by atoms with Crippen LogP contribution in [-0.2, 0) is 17.9 Å². The van der Waals surface area contributed by atoms with Gasteiger partial charge in [0, 0.05) is 43.1 Å². The van der Waals surface area contributed by atoms with Crippen molar-refractivity contribution in [2.75, 3.05) is 25.0 Å². The van der Waals surface area contributed by atoms with Gasteiger partial charge in [-0.25, -0.2) is 0 Å². The minimum absolute atomic E-state index is 0.00653. The SMILES string of the molecule is CN(Cc1ccc(N2CCCCC2)cc1)C(=O)Cn1c2ccccc2c(=O)c2ccccc21. The second kappa shape index (κ2) is 9.10. The highest BCUT2D eigenvalue weighted by Gasteiger charge is 2.16. The highest BCUT2D eigenvalue weighted by atomic mass is 16.2. The molecule has 0 saturated carbocycles. The minimum atomic E-state index is 0.00653. The van der Waals surface area contributed by atoms with E-state index in [0.717, 1.165) is 29.7 Å². The molecule has 0 N–H and O–H groups in total. The summed E-state index contributed by atoms with van der Waals surface area (Å²) in [5, 5.41) is 1.28. The molecule has 1 amide bonds. The molecule has 0 atom stereocenters. The number of amides is 1. The largest absolute Gasteiger partial charge is 0.372 e. The predicted octanol–water partition coefficient (Wildman–Crippen LogP) is 4.80. The molecule has 0 spiro atoms. The molecule has 1 aromatic heterocycles. The number of aromatic nitrogens is 1. The highest BCUT2D eigenvalue weighted by Crippen LogP contribution is 2.22. The Bertz CT molecular complexity index is 1290. The number of fused-ring (bicyclic) bond motifs is 2. The maximum Gasteiger partial charge on any atom is 0.242 e. The third kappa shape index (κ3) is 4.23. The van der Waals surface area contributed by atoms with Crippen LogP contribution in [0.2, 0.25) is 0 Å². The number of hydrogen-bond donors (Lipinski definition) is 0. The molecule has 168 valence electrons. The van der Waals surface area contributed by atoms with Crippen molar-refractivity contribution >= 4 is 33.4 Å². The van der Waals surface area contributed by atoms with Crippen LogP contribution in [-0.4, -0.2) is 35.5 Å². The molecule has 5 nitrogen and oxygen atoms in total. The summed E-state index contributed by atoms with van der Waals surface area (Å²) in [6.45, 7) is 2.98. The van der Waals surface area contributed by atoms with Crippen molar-refractivity contribution in [2.24, 2.45) is 0 Å². The van der Waals surface area contributed by atoms with Crippen molar-refractivity contribution in [1.29, 1.82) is 0 Å². The van der Waals surface area contributed by atoms with Crippen LogP contribution >= 0.6 is 0 Å². The Balaban J connectivity index is 1.37. The van der Waals surface area contributed by atoms with Gasteiger partial charge in [0.25, 0.3) is 0 Å². The minimum Gasteiger partial charge on any atom is -0.372 e. The number of rotatable bonds is 5. The van der Waals surface area contributed by atoms with Crippen LogP contribution in [0.25, 0.3) is 21.8 Å². The molecule has 0 radical (unpaired) electrons. The fraction of sp³-hybridized carbons (Fsp3) is 0.286. The number of carbonyl (C=O) groups is 1. The number of benzene rings is 3. The first-order valence-corrected chi connectivity index (χ1v) is 11.7. The zero-order valence-corrected chi connectivity index (χ0v) is 19.0. The van der Waals surface area contributed by atoms with Crippen molar-refractivity contribution in [2.45, 2.75) is 32.4 Å². The average Bonchev–Trinajstić information content (AvgIpc) is 2.87. The topological polar surface area (TPSA) is 45.5 Å². The zero-order chi connectivity index (χ0) is 22.8. The molecule has 0 unspecified atom stereocenters. The van der Waals surface area contributed by atoms with Gasteiger partial charge in [-0.05, 0) is 61.2 Å². The first-order chi connectivity index (χ1) is 16.1. The Hall–Kier alpha value is -3.60. The second-order valence-electron chi connectivity index (χ2n) is 8.91. The number of anilines is 1. The van der Waals surface area contributed by atoms with Crippen molar-refractivity contribution in [3.63, 3.8) is 0 Å². The monoisotopic (exact) mass is 439 g/mol. The molecule has 4 aromatic rings. The second-order valence-corrected chi connectivity index (χ2v) is 8.91. The van der Waals surface area contributed by atoms with Crippen LogP contribution in [0.4, 0.5) is 5.69 Å². The van der Waals surface area contributed by atoms with E-state index in [1.807, 2.05) is 60.1 Å². The molecular weight excluding hydrogens is 410 g/mol. The number of piperidine rings is 1. The summed E-state index contributed by atoms with van der Waals surface area (Å²) in [5.41, 5.74) is 3.95. The maximum atomic E-state index is 13.2. The Morgan fingerprint density at radius 2 is 1.39 bits per heavy atom. The van der Waals surface area contributed by atoms with Crippen LogP contribution in [0.5, 0.6) is 0 Å². The quantitative estimate of drug-likeness (QED) is 0.420. The van der Waals surface area contributed by atoms with Crippen LogP contribution in [0.1, 0.15) is 24.8 Å². The van der Waals surface area contributed by atoms with E-state index in [9.17, 15) is 9.59 Å². The molecule has 0 aliphatic carbocycles. The van der Waals surface area contributed by atoms with Gasteiger partial charge in [0.1, 0.15) is 6.54 Å². The van der Waals surface area contributed by atoms with Crippen LogP contribution in [0.3, 0.4) is 0 Å². The molecule has 1 aliphatic heterocycles. The van der Waals surface area contributed by atoms with Crippen LogP contribution in [0, 0.1) is 0 Å². The number of para-hydroxylation sites is 2. The van der Waals surface area contributed by atoms with Crippen LogP contribution < -0.4 is 10.3 Å². The molecule has 33 heavy (non-hydrogen) atoms. The Kier molecular flexibility index (Phi) is 5.86. The van der Waals surface area contributed by atoms with Crippen molar-refractivity contribution < 1.29 is 4.79 Å². The number of carbonyl (C=O) groups excluding carboxylic acids is 1. The molecule has 3 aromatic carbocycles. The molecule has 5 rings (SSSR count). The molecule has 0 bridgehead atoms. The van der Waals surface area contributed by atoms with Gasteiger partial charge in [-0.1, -0.05) is 36.4 Å². The summed E-state index contributed by atoms with van der Waals surface area (Å²) in [4.78, 5) is 30.4. The standard InChI is InChI=1S/C28H29N3O2/c1-29(19-21-13-15-22(16-14-21)30-17-7-2-8-18-30)27(32)20-31-25-11-5-3-9-23(25)28(33)24-10-4-6-12-26(24)31/h3-6,9-16H,2,7-8,17-20H2,1H3. The van der Waals surface area contributed by atoms with Gasteiger partial charge >= 0.3 is 0 Å². The van der Waals surface area contributed by atoms with Gasteiger partial charge in [0.05, 0.1) is 11.0 Å². The number of nitrogens with zero attached hydrogens (tertiary/aromatic N) is 3. The zero-order valence-electron chi connectivity index (χ0n) is 19.0. The molecule has 2 heterocycles. The fourth-order valence-electron chi connectivity index (χ4n) is 4.83. The van der Waals surface area contributed by atoms with E-state index in [0.29, 0.717) is 17.3 Å². The first-order valence-electron chi connectivity index (χ1n) is 11.7.